The van der Waals surface area contributed by atoms with Crippen LogP contribution in [-0.2, 0) is 11.3 Å². The highest BCUT2D eigenvalue weighted by Crippen LogP contribution is 2.29. The normalized spacial score (nSPS) is 22.7. The van der Waals surface area contributed by atoms with Gasteiger partial charge in [0, 0.05) is 44.8 Å². The predicted molar refractivity (Wildman–Crippen MR) is 118 cm³/mol. The summed E-state index contributed by atoms with van der Waals surface area (Å²) in [4.78, 5) is 16.8. The van der Waals surface area contributed by atoms with Crippen LogP contribution in [0.15, 0.2) is 18.2 Å². The lowest BCUT2D eigenvalue weighted by Crippen LogP contribution is -2.53. The molecule has 2 heterocycles. The highest BCUT2D eigenvalue weighted by atomic mass is 35.5. The monoisotopic (exact) mass is 425 g/mol. The molecule has 2 aliphatic rings. The van der Waals surface area contributed by atoms with Crippen molar-refractivity contribution in [2.75, 3.05) is 39.4 Å². The summed E-state index contributed by atoms with van der Waals surface area (Å²) in [5.74, 6) is 1.44. The van der Waals surface area contributed by atoms with Crippen LogP contribution in [0.3, 0.4) is 0 Å². The van der Waals surface area contributed by atoms with Crippen LogP contribution in [0, 0.1) is 0 Å². The zero-order valence-corrected chi connectivity index (χ0v) is 18.8. The summed E-state index contributed by atoms with van der Waals surface area (Å²) in [5, 5.41) is 3.52. The van der Waals surface area contributed by atoms with Crippen molar-refractivity contribution in [2.45, 2.75) is 58.7 Å². The van der Waals surface area contributed by atoms with E-state index in [0.29, 0.717) is 24.4 Å². The molecular weight excluding hydrogens is 390 g/mol. The average Bonchev–Trinajstić information content (AvgIpc) is 2.71. The molecule has 0 saturated carbocycles. The maximum atomic E-state index is 12.4. The van der Waals surface area contributed by atoms with E-state index in [1.807, 2.05) is 17.9 Å². The summed E-state index contributed by atoms with van der Waals surface area (Å²) in [5.41, 5.74) is 1.21. The Labute approximate surface area is 181 Å². The fourth-order valence-corrected chi connectivity index (χ4v) is 3.96. The number of piperazine rings is 1. The molecule has 2 fully saturated rings. The molecule has 1 N–H and O–H groups in total. The van der Waals surface area contributed by atoms with E-state index >= 15 is 0 Å². The number of benzene rings is 1. The number of ether oxygens (including phenoxy) is 2. The molecule has 1 aromatic carbocycles. The molecule has 164 valence electrons. The minimum atomic E-state index is 0. The predicted octanol–water partition coefficient (Wildman–Crippen LogP) is 3.08. The molecule has 2 unspecified atom stereocenters. The Hall–Kier alpha value is -1.50. The van der Waals surface area contributed by atoms with Crippen molar-refractivity contribution in [3.63, 3.8) is 0 Å². The average molecular weight is 426 g/mol. The second-order valence-electron chi connectivity index (χ2n) is 8.03. The van der Waals surface area contributed by atoms with Gasteiger partial charge in [0.15, 0.2) is 18.1 Å². The number of carbonyl (C=O) groups is 1. The number of nitrogens with one attached hydrogen (secondary N) is 1. The topological polar surface area (TPSA) is 54.0 Å². The number of nitrogens with zero attached hydrogens (tertiary/aromatic N) is 2. The van der Waals surface area contributed by atoms with Crippen LogP contribution in [0.25, 0.3) is 0 Å². The maximum absolute atomic E-state index is 12.4. The first-order valence-corrected chi connectivity index (χ1v) is 10.7. The van der Waals surface area contributed by atoms with E-state index in [1.165, 1.54) is 12.0 Å². The molecule has 0 radical (unpaired) electrons. The van der Waals surface area contributed by atoms with Gasteiger partial charge in [-0.05, 0) is 57.7 Å². The first kappa shape index (κ1) is 23.8. The van der Waals surface area contributed by atoms with Crippen molar-refractivity contribution in [3.05, 3.63) is 23.8 Å². The van der Waals surface area contributed by atoms with Gasteiger partial charge in [0.05, 0.1) is 6.61 Å². The third kappa shape index (κ3) is 6.76. The zero-order valence-electron chi connectivity index (χ0n) is 18.0. The van der Waals surface area contributed by atoms with Gasteiger partial charge < -0.3 is 19.7 Å². The summed E-state index contributed by atoms with van der Waals surface area (Å²) < 4.78 is 11.7. The minimum absolute atomic E-state index is 0. The first-order valence-electron chi connectivity index (χ1n) is 10.7. The quantitative estimate of drug-likeness (QED) is 0.727. The second-order valence-corrected chi connectivity index (χ2v) is 8.03. The fourth-order valence-electron chi connectivity index (χ4n) is 3.96. The van der Waals surface area contributed by atoms with Crippen LogP contribution < -0.4 is 14.8 Å². The molecule has 0 aromatic heterocycles. The lowest BCUT2D eigenvalue weighted by molar-refractivity contribution is -0.134. The van der Waals surface area contributed by atoms with Crippen LogP contribution in [0.1, 0.15) is 45.6 Å². The molecular formula is C22H36ClN3O3. The van der Waals surface area contributed by atoms with Gasteiger partial charge >= 0.3 is 0 Å². The summed E-state index contributed by atoms with van der Waals surface area (Å²) >= 11 is 0. The smallest absolute Gasteiger partial charge is 0.260 e. The van der Waals surface area contributed by atoms with Crippen LogP contribution >= 0.6 is 12.4 Å². The molecule has 1 aromatic rings. The highest BCUT2D eigenvalue weighted by molar-refractivity contribution is 5.85. The molecule has 1 amide bonds. The lowest BCUT2D eigenvalue weighted by atomic mass is 10.1. The zero-order chi connectivity index (χ0) is 19.9. The molecule has 29 heavy (non-hydrogen) atoms. The molecule has 7 heteroatoms. The number of rotatable bonds is 7. The highest BCUT2D eigenvalue weighted by Gasteiger charge is 2.23. The van der Waals surface area contributed by atoms with Gasteiger partial charge in [0.25, 0.3) is 5.91 Å². The van der Waals surface area contributed by atoms with Gasteiger partial charge in [0.1, 0.15) is 0 Å². The molecule has 6 nitrogen and oxygen atoms in total. The number of hydrogen-bond acceptors (Lipinski definition) is 5. The summed E-state index contributed by atoms with van der Waals surface area (Å²) in [7, 11) is 0. The van der Waals surface area contributed by atoms with E-state index in [-0.39, 0.29) is 24.9 Å². The largest absolute Gasteiger partial charge is 0.490 e. The maximum Gasteiger partial charge on any atom is 0.260 e. The van der Waals surface area contributed by atoms with Crippen LogP contribution in [0.5, 0.6) is 11.5 Å². The van der Waals surface area contributed by atoms with Gasteiger partial charge in [-0.2, -0.15) is 0 Å². The number of carbonyl (C=O) groups excluding carboxylic acids is 1. The van der Waals surface area contributed by atoms with E-state index in [4.69, 9.17) is 9.47 Å². The van der Waals surface area contributed by atoms with Crippen molar-refractivity contribution >= 4 is 18.3 Å². The SMILES string of the molecule is CCOc1cc(CN2CC(C)NCC2C)ccc1OCC(=O)N1CCCCC1.Cl. The number of hydrogen-bond donors (Lipinski definition) is 1. The van der Waals surface area contributed by atoms with E-state index < -0.39 is 0 Å². The molecule has 0 spiro atoms. The number of amides is 1. The van der Waals surface area contributed by atoms with Crippen molar-refractivity contribution in [3.8, 4) is 11.5 Å². The van der Waals surface area contributed by atoms with Gasteiger partial charge in [-0.3, -0.25) is 9.69 Å². The van der Waals surface area contributed by atoms with E-state index in [9.17, 15) is 4.79 Å². The Bertz CT molecular complexity index is 652. The molecule has 2 aliphatic heterocycles. The fraction of sp³-hybridized carbons (Fsp3) is 0.682. The van der Waals surface area contributed by atoms with Crippen molar-refractivity contribution in [1.82, 2.24) is 15.1 Å². The van der Waals surface area contributed by atoms with Crippen molar-refractivity contribution in [2.24, 2.45) is 0 Å². The second kappa shape index (κ2) is 11.6. The number of halogens is 1. The molecule has 3 rings (SSSR count). The van der Waals surface area contributed by atoms with Crippen LogP contribution in [-0.4, -0.2) is 67.2 Å². The first-order chi connectivity index (χ1) is 13.6. The third-order valence-electron chi connectivity index (χ3n) is 5.65. The minimum Gasteiger partial charge on any atom is -0.490 e. The van der Waals surface area contributed by atoms with Gasteiger partial charge in [-0.25, -0.2) is 0 Å². The number of likely N-dealkylation sites (tertiary alicyclic amines) is 1. The third-order valence-corrected chi connectivity index (χ3v) is 5.65. The summed E-state index contributed by atoms with van der Waals surface area (Å²) in [6, 6.07) is 7.10. The Morgan fingerprint density at radius 2 is 1.90 bits per heavy atom. The van der Waals surface area contributed by atoms with Gasteiger partial charge in [-0.1, -0.05) is 6.07 Å². The lowest BCUT2D eigenvalue weighted by Gasteiger charge is -2.37. The van der Waals surface area contributed by atoms with E-state index in [1.54, 1.807) is 0 Å². The molecule has 2 atom stereocenters. The number of piperidine rings is 1. The summed E-state index contributed by atoms with van der Waals surface area (Å²) in [6.07, 6.45) is 3.40. The molecule has 2 saturated heterocycles. The Morgan fingerprint density at radius 1 is 1.14 bits per heavy atom. The van der Waals surface area contributed by atoms with Crippen LogP contribution in [0.4, 0.5) is 0 Å². The molecule has 0 aliphatic carbocycles. The van der Waals surface area contributed by atoms with Crippen molar-refractivity contribution in [1.29, 1.82) is 0 Å². The van der Waals surface area contributed by atoms with Crippen LogP contribution in [0.2, 0.25) is 0 Å². The summed E-state index contributed by atoms with van der Waals surface area (Å²) in [6.45, 7) is 11.7. The Kier molecular flexibility index (Phi) is 9.53. The molecule has 0 bridgehead atoms. The van der Waals surface area contributed by atoms with E-state index in [0.717, 1.165) is 51.3 Å². The van der Waals surface area contributed by atoms with E-state index in [2.05, 4.69) is 36.2 Å². The van der Waals surface area contributed by atoms with Crippen molar-refractivity contribution < 1.29 is 14.3 Å². The standard InChI is InChI=1S/C22H35N3O3.ClH/c1-4-27-21-12-19(15-25-14-17(2)23-13-18(25)3)8-9-20(21)28-16-22(26)24-10-6-5-7-11-24;/h8-9,12,17-18,23H,4-7,10-11,13-16H2,1-3H3;1H. The Morgan fingerprint density at radius 3 is 2.62 bits per heavy atom. The van der Waals surface area contributed by atoms with Gasteiger partial charge in [0.2, 0.25) is 0 Å². The Balaban J connectivity index is 0.00000300. The van der Waals surface area contributed by atoms with Gasteiger partial charge in [-0.15, -0.1) is 12.4 Å².